The third kappa shape index (κ3) is 2.91. The number of hydrogen-bond acceptors (Lipinski definition) is 5. The average Bonchev–Trinajstić information content (AvgIpc) is 2.94. The molecule has 0 aliphatic carbocycles. The van der Waals surface area contributed by atoms with E-state index in [4.69, 9.17) is 0 Å². The van der Waals surface area contributed by atoms with Gasteiger partial charge in [0.2, 0.25) is 0 Å². The third-order valence-electron chi connectivity index (χ3n) is 5.28. The smallest absolute Gasteiger partial charge is 0.263 e. The van der Waals surface area contributed by atoms with Crippen molar-refractivity contribution in [1.29, 1.82) is 0 Å². The second kappa shape index (κ2) is 6.38. The summed E-state index contributed by atoms with van der Waals surface area (Å²) in [5.74, 6) is 0.640. The first-order valence-corrected chi connectivity index (χ1v) is 9.50. The Morgan fingerprint density at radius 3 is 3.00 bits per heavy atom. The summed E-state index contributed by atoms with van der Waals surface area (Å²) in [7, 11) is 0. The number of thiazole rings is 1. The third-order valence-corrected chi connectivity index (χ3v) is 6.35. The van der Waals surface area contributed by atoms with Crippen LogP contribution in [0.2, 0.25) is 0 Å². The summed E-state index contributed by atoms with van der Waals surface area (Å²) in [6.45, 7) is 6.02. The van der Waals surface area contributed by atoms with Crippen molar-refractivity contribution in [3.05, 3.63) is 49.8 Å². The van der Waals surface area contributed by atoms with Crippen LogP contribution in [0.3, 0.4) is 0 Å². The molecule has 0 saturated carbocycles. The van der Waals surface area contributed by atoms with E-state index in [0.29, 0.717) is 23.3 Å². The van der Waals surface area contributed by atoms with Crippen molar-refractivity contribution in [2.45, 2.75) is 32.2 Å². The number of hydrogen-bond donors (Lipinski definition) is 2. The first kappa shape index (κ1) is 16.5. The number of carbonyl (C=O) groups is 1. The Morgan fingerprint density at radius 2 is 2.24 bits per heavy atom. The normalized spacial score (nSPS) is 24.6. The maximum Gasteiger partial charge on any atom is 0.263 e. The lowest BCUT2D eigenvalue weighted by Crippen LogP contribution is -2.50. The minimum Gasteiger partial charge on any atom is -0.349 e. The van der Waals surface area contributed by atoms with Crippen LogP contribution in [0, 0.1) is 19.8 Å². The fourth-order valence-corrected chi connectivity index (χ4v) is 5.02. The van der Waals surface area contributed by atoms with Gasteiger partial charge in [-0.05, 0) is 32.3 Å². The number of pyridine rings is 1. The van der Waals surface area contributed by atoms with E-state index >= 15 is 0 Å². The molecule has 4 rings (SSSR count). The van der Waals surface area contributed by atoms with Crippen molar-refractivity contribution in [2.75, 3.05) is 19.6 Å². The van der Waals surface area contributed by atoms with Crippen molar-refractivity contribution in [3.8, 4) is 0 Å². The first-order chi connectivity index (χ1) is 12.0. The molecule has 4 heterocycles. The monoisotopic (exact) mass is 358 g/mol. The molecule has 6 nitrogen and oxygen atoms in total. The lowest BCUT2D eigenvalue weighted by atomic mass is 9.79. The van der Waals surface area contributed by atoms with Gasteiger partial charge < -0.3 is 15.2 Å². The lowest BCUT2D eigenvalue weighted by Gasteiger charge is -2.43. The predicted molar refractivity (Wildman–Crippen MR) is 97.4 cm³/mol. The summed E-state index contributed by atoms with van der Waals surface area (Å²) in [5.41, 5.74) is 1.87. The van der Waals surface area contributed by atoms with Gasteiger partial charge in [0.15, 0.2) is 0 Å². The van der Waals surface area contributed by atoms with Gasteiger partial charge in [-0.1, -0.05) is 6.07 Å². The summed E-state index contributed by atoms with van der Waals surface area (Å²) in [4.78, 5) is 30.0. The van der Waals surface area contributed by atoms with E-state index < -0.39 is 0 Å². The zero-order chi connectivity index (χ0) is 17.6. The number of nitrogens with zero attached hydrogens (tertiary/aromatic N) is 2. The SMILES string of the molecule is Cc1nc(C)c(C(=O)NC[C@H]2[C@@H]3CNC[C@@H](C3)c3cccc(=O)n32)s1. The van der Waals surface area contributed by atoms with Gasteiger partial charge in [-0.3, -0.25) is 9.59 Å². The number of aryl methyl sites for hydroxylation is 2. The number of nitrogens with one attached hydrogen (secondary N) is 2. The fourth-order valence-electron chi connectivity index (χ4n) is 4.19. The molecular formula is C18H22N4O2S. The van der Waals surface area contributed by atoms with Gasteiger partial charge in [0.1, 0.15) is 4.88 Å². The minimum atomic E-state index is -0.0977. The number of rotatable bonds is 3. The molecule has 3 atom stereocenters. The van der Waals surface area contributed by atoms with Crippen molar-refractivity contribution < 1.29 is 4.79 Å². The standard InChI is InChI=1S/C18H22N4O2S/c1-10-17(25-11(2)21-10)18(24)20-9-15-13-6-12(7-19-8-13)14-4-3-5-16(23)22(14)15/h3-5,12-13,15,19H,6-9H2,1-2H3,(H,20,24)/t12-,13+,15+/m1/s1. The Morgan fingerprint density at radius 1 is 1.40 bits per heavy atom. The van der Waals surface area contributed by atoms with E-state index in [1.165, 1.54) is 11.3 Å². The highest BCUT2D eigenvalue weighted by Crippen LogP contribution is 2.38. The van der Waals surface area contributed by atoms with Crippen LogP contribution in [0.15, 0.2) is 23.0 Å². The van der Waals surface area contributed by atoms with Crippen LogP contribution in [-0.2, 0) is 0 Å². The van der Waals surface area contributed by atoms with E-state index in [1.807, 2.05) is 30.5 Å². The van der Waals surface area contributed by atoms with Gasteiger partial charge in [0, 0.05) is 37.3 Å². The maximum absolute atomic E-state index is 12.5. The highest BCUT2D eigenvalue weighted by Gasteiger charge is 2.37. The highest BCUT2D eigenvalue weighted by atomic mass is 32.1. The van der Waals surface area contributed by atoms with E-state index in [1.54, 1.807) is 6.07 Å². The van der Waals surface area contributed by atoms with Gasteiger partial charge in [0.05, 0.1) is 16.7 Å². The second-order valence-corrected chi connectivity index (χ2v) is 8.14. The van der Waals surface area contributed by atoms with Gasteiger partial charge in [-0.15, -0.1) is 11.3 Å². The quantitative estimate of drug-likeness (QED) is 0.874. The van der Waals surface area contributed by atoms with Crippen LogP contribution in [0.4, 0.5) is 0 Å². The molecule has 0 aromatic carbocycles. The Hall–Kier alpha value is -1.99. The van der Waals surface area contributed by atoms with Crippen LogP contribution in [0.25, 0.3) is 0 Å². The van der Waals surface area contributed by atoms with Crippen molar-refractivity contribution in [2.24, 2.45) is 5.92 Å². The molecule has 2 aliphatic heterocycles. The van der Waals surface area contributed by atoms with E-state index in [2.05, 4.69) is 15.6 Å². The van der Waals surface area contributed by atoms with Gasteiger partial charge in [-0.25, -0.2) is 4.98 Å². The largest absolute Gasteiger partial charge is 0.349 e. The number of carbonyl (C=O) groups excluding carboxylic acids is 1. The molecule has 7 heteroatoms. The summed E-state index contributed by atoms with van der Waals surface area (Å²) < 4.78 is 1.91. The molecule has 0 spiro atoms. The molecule has 2 bridgehead atoms. The number of aromatic nitrogens is 2. The summed E-state index contributed by atoms with van der Waals surface area (Å²) in [5, 5.41) is 7.40. The van der Waals surface area contributed by atoms with Crippen molar-refractivity contribution in [3.63, 3.8) is 0 Å². The molecule has 2 aromatic rings. The van der Waals surface area contributed by atoms with Gasteiger partial charge in [0.25, 0.3) is 11.5 Å². The predicted octanol–water partition coefficient (Wildman–Crippen LogP) is 1.60. The van der Waals surface area contributed by atoms with E-state index in [0.717, 1.165) is 35.9 Å². The first-order valence-electron chi connectivity index (χ1n) is 8.69. The van der Waals surface area contributed by atoms with Crippen LogP contribution in [0.1, 0.15) is 44.4 Å². The number of fused-ring (bicyclic) bond motifs is 4. The molecule has 0 unspecified atom stereocenters. The number of piperidine rings is 1. The summed E-state index contributed by atoms with van der Waals surface area (Å²) in [6, 6.07) is 5.48. The highest BCUT2D eigenvalue weighted by molar-refractivity contribution is 7.13. The molecule has 1 saturated heterocycles. The van der Waals surface area contributed by atoms with Gasteiger partial charge in [-0.2, -0.15) is 0 Å². The van der Waals surface area contributed by atoms with E-state index in [-0.39, 0.29) is 17.5 Å². The molecule has 1 amide bonds. The molecule has 2 aromatic heterocycles. The molecular weight excluding hydrogens is 336 g/mol. The zero-order valence-electron chi connectivity index (χ0n) is 14.4. The lowest BCUT2D eigenvalue weighted by molar-refractivity contribution is 0.0935. The molecule has 1 fully saturated rings. The zero-order valence-corrected chi connectivity index (χ0v) is 15.2. The Bertz CT molecular complexity index is 872. The maximum atomic E-state index is 12.5. The summed E-state index contributed by atoms with van der Waals surface area (Å²) in [6.07, 6.45) is 1.07. The van der Waals surface area contributed by atoms with Crippen LogP contribution >= 0.6 is 11.3 Å². The second-order valence-electron chi connectivity index (χ2n) is 6.93. The Kier molecular flexibility index (Phi) is 4.21. The van der Waals surface area contributed by atoms with Crippen LogP contribution < -0.4 is 16.2 Å². The van der Waals surface area contributed by atoms with Crippen molar-refractivity contribution >= 4 is 17.2 Å². The van der Waals surface area contributed by atoms with Crippen molar-refractivity contribution in [1.82, 2.24) is 20.2 Å². The molecule has 2 N–H and O–H groups in total. The Balaban J connectivity index is 1.60. The minimum absolute atomic E-state index is 0.00831. The molecule has 2 aliphatic rings. The number of amides is 1. The van der Waals surface area contributed by atoms with Gasteiger partial charge >= 0.3 is 0 Å². The average molecular weight is 358 g/mol. The summed E-state index contributed by atoms with van der Waals surface area (Å²) >= 11 is 1.41. The van der Waals surface area contributed by atoms with E-state index in [9.17, 15) is 9.59 Å². The molecule has 0 radical (unpaired) electrons. The molecule has 132 valence electrons. The molecule has 25 heavy (non-hydrogen) atoms. The topological polar surface area (TPSA) is 76.0 Å². The Labute approximate surface area is 150 Å². The van der Waals surface area contributed by atoms with Crippen LogP contribution in [0.5, 0.6) is 0 Å². The van der Waals surface area contributed by atoms with Crippen LogP contribution in [-0.4, -0.2) is 35.1 Å². The fraction of sp³-hybridized carbons (Fsp3) is 0.500.